The van der Waals surface area contributed by atoms with Crippen LogP contribution in [0.4, 0.5) is 0 Å². The number of carbonyl (C=O) groups excluding carboxylic acids is 2. The molecule has 0 unspecified atom stereocenters. The quantitative estimate of drug-likeness (QED) is 0.597. The number of nitrogens with one attached hydrogen (secondary N) is 2. The summed E-state index contributed by atoms with van der Waals surface area (Å²) in [7, 11) is 0. The highest BCUT2D eigenvalue weighted by molar-refractivity contribution is 5.98. The van der Waals surface area contributed by atoms with E-state index in [0.29, 0.717) is 5.75 Å². The van der Waals surface area contributed by atoms with Gasteiger partial charge in [0, 0.05) is 5.56 Å². The summed E-state index contributed by atoms with van der Waals surface area (Å²) in [5.74, 6) is -0.737. The molecule has 0 fully saturated rings. The number of para-hydroxylation sites is 1. The summed E-state index contributed by atoms with van der Waals surface area (Å²) >= 11 is 0. The molecule has 0 aliphatic heterocycles. The summed E-state index contributed by atoms with van der Waals surface area (Å²) < 4.78 is 5.62. The first-order chi connectivity index (χ1) is 13.5. The Morgan fingerprint density at radius 3 is 2.43 bits per heavy atom. The minimum atomic E-state index is -0.612. The molecule has 0 spiro atoms. The van der Waals surface area contributed by atoms with Gasteiger partial charge in [-0.3, -0.25) is 20.4 Å². The van der Waals surface area contributed by atoms with Crippen LogP contribution in [0.5, 0.6) is 11.5 Å². The van der Waals surface area contributed by atoms with E-state index in [2.05, 4.69) is 10.9 Å². The third kappa shape index (κ3) is 4.67. The number of hydrogen-bond acceptors (Lipinski definition) is 4. The first kappa shape index (κ1) is 19.0. The van der Waals surface area contributed by atoms with Crippen LogP contribution in [0.25, 0.3) is 11.1 Å². The number of rotatable bonds is 5. The molecule has 0 radical (unpaired) electrons. The van der Waals surface area contributed by atoms with Gasteiger partial charge in [-0.15, -0.1) is 0 Å². The van der Waals surface area contributed by atoms with E-state index in [-0.39, 0.29) is 17.9 Å². The van der Waals surface area contributed by atoms with Gasteiger partial charge in [-0.05, 0) is 30.7 Å². The third-order valence-electron chi connectivity index (χ3n) is 4.04. The monoisotopic (exact) mass is 376 g/mol. The average molecular weight is 376 g/mol. The molecule has 28 heavy (non-hydrogen) atoms. The zero-order valence-corrected chi connectivity index (χ0v) is 15.3. The highest BCUT2D eigenvalue weighted by Crippen LogP contribution is 2.29. The van der Waals surface area contributed by atoms with Gasteiger partial charge in [0.05, 0.1) is 5.56 Å². The first-order valence-corrected chi connectivity index (χ1v) is 8.70. The Balaban J connectivity index is 1.58. The lowest BCUT2D eigenvalue weighted by Crippen LogP contribution is -2.43. The highest BCUT2D eigenvalue weighted by Gasteiger charge is 2.13. The van der Waals surface area contributed by atoms with E-state index in [4.69, 9.17) is 4.74 Å². The van der Waals surface area contributed by atoms with Gasteiger partial charge in [0.25, 0.3) is 11.8 Å². The van der Waals surface area contributed by atoms with E-state index >= 15 is 0 Å². The van der Waals surface area contributed by atoms with Crippen LogP contribution < -0.4 is 15.6 Å². The molecule has 2 amide bonds. The second kappa shape index (κ2) is 8.73. The molecular formula is C22H20N2O4. The van der Waals surface area contributed by atoms with Gasteiger partial charge in [0.1, 0.15) is 11.5 Å². The van der Waals surface area contributed by atoms with Crippen LogP contribution in [0.15, 0.2) is 72.8 Å². The summed E-state index contributed by atoms with van der Waals surface area (Å²) in [5.41, 5.74) is 7.29. The van der Waals surface area contributed by atoms with Crippen molar-refractivity contribution >= 4 is 11.8 Å². The summed E-state index contributed by atoms with van der Waals surface area (Å²) in [6, 6.07) is 21.7. The Morgan fingerprint density at radius 1 is 0.929 bits per heavy atom. The molecule has 0 saturated carbocycles. The fraction of sp³-hybridized carbons (Fsp3) is 0.0909. The summed E-state index contributed by atoms with van der Waals surface area (Å²) in [5, 5.41) is 9.76. The van der Waals surface area contributed by atoms with Gasteiger partial charge in [-0.2, -0.15) is 0 Å². The number of aromatic hydroxyl groups is 1. The predicted molar refractivity (Wildman–Crippen MR) is 106 cm³/mol. The Labute approximate surface area is 162 Å². The number of hydrogen-bond donors (Lipinski definition) is 3. The third-order valence-corrected chi connectivity index (χ3v) is 4.04. The van der Waals surface area contributed by atoms with Crippen molar-refractivity contribution in [1.29, 1.82) is 0 Å². The van der Waals surface area contributed by atoms with E-state index in [9.17, 15) is 14.7 Å². The maximum absolute atomic E-state index is 12.1. The molecular weight excluding hydrogens is 356 g/mol. The van der Waals surface area contributed by atoms with Crippen LogP contribution in [0.2, 0.25) is 0 Å². The second-order valence-electron chi connectivity index (χ2n) is 6.17. The van der Waals surface area contributed by atoms with Crippen molar-refractivity contribution < 1.29 is 19.4 Å². The molecule has 3 N–H and O–H groups in total. The van der Waals surface area contributed by atoms with Crippen molar-refractivity contribution in [3.63, 3.8) is 0 Å². The van der Waals surface area contributed by atoms with Crippen LogP contribution >= 0.6 is 0 Å². The number of ether oxygens (including phenoxy) is 1. The molecule has 3 rings (SSSR count). The van der Waals surface area contributed by atoms with E-state index in [1.807, 2.05) is 48.5 Å². The molecule has 3 aromatic rings. The normalized spacial score (nSPS) is 10.2. The van der Waals surface area contributed by atoms with E-state index < -0.39 is 11.8 Å². The first-order valence-electron chi connectivity index (χ1n) is 8.70. The lowest BCUT2D eigenvalue weighted by molar-refractivity contribution is -0.123. The number of benzene rings is 3. The molecule has 142 valence electrons. The van der Waals surface area contributed by atoms with Gasteiger partial charge >= 0.3 is 0 Å². The Kier molecular flexibility index (Phi) is 5.91. The van der Waals surface area contributed by atoms with Crippen LogP contribution in [-0.2, 0) is 4.79 Å². The predicted octanol–water partition coefficient (Wildman–Crippen LogP) is 3.21. The van der Waals surface area contributed by atoms with Gasteiger partial charge in [0.15, 0.2) is 6.61 Å². The highest BCUT2D eigenvalue weighted by atomic mass is 16.5. The maximum atomic E-state index is 12.1. The van der Waals surface area contributed by atoms with E-state index in [1.54, 1.807) is 19.1 Å². The molecule has 6 heteroatoms. The molecule has 0 aliphatic rings. The van der Waals surface area contributed by atoms with Crippen molar-refractivity contribution in [2.24, 2.45) is 0 Å². The number of hydrazine groups is 1. The number of phenols is 1. The molecule has 0 aliphatic carbocycles. The number of phenolic OH excluding ortho intramolecular Hbond substituents is 1. The topological polar surface area (TPSA) is 87.7 Å². The number of aryl methyl sites for hydroxylation is 1. The van der Waals surface area contributed by atoms with Crippen molar-refractivity contribution in [3.8, 4) is 22.6 Å². The molecule has 6 nitrogen and oxygen atoms in total. The Morgan fingerprint density at radius 2 is 1.64 bits per heavy atom. The lowest BCUT2D eigenvalue weighted by atomic mass is 10.1. The zero-order valence-electron chi connectivity index (χ0n) is 15.3. The zero-order chi connectivity index (χ0) is 19.9. The summed E-state index contributed by atoms with van der Waals surface area (Å²) in [6.07, 6.45) is 0. The summed E-state index contributed by atoms with van der Waals surface area (Å²) in [4.78, 5) is 24.1. The smallest absolute Gasteiger partial charge is 0.276 e. The lowest BCUT2D eigenvalue weighted by Gasteiger charge is -2.12. The molecule has 0 bridgehead atoms. The van der Waals surface area contributed by atoms with Crippen molar-refractivity contribution in [3.05, 3.63) is 83.9 Å². The fourth-order valence-corrected chi connectivity index (χ4v) is 2.65. The standard InChI is InChI=1S/C22H20N2O4/c1-15-11-12-19(25)18(13-15)22(27)24-23-21(26)14-28-20-10-6-5-9-17(20)16-7-3-2-4-8-16/h2-13,25H,14H2,1H3,(H,23,26)(H,24,27). The van der Waals surface area contributed by atoms with E-state index in [0.717, 1.165) is 16.7 Å². The number of amides is 2. The Bertz CT molecular complexity index is 987. The molecule has 0 saturated heterocycles. The molecule has 0 atom stereocenters. The van der Waals surface area contributed by atoms with Crippen LogP contribution in [0.1, 0.15) is 15.9 Å². The van der Waals surface area contributed by atoms with Crippen molar-refractivity contribution in [2.75, 3.05) is 6.61 Å². The number of carbonyl (C=O) groups is 2. The Hall–Kier alpha value is -3.80. The SMILES string of the molecule is Cc1ccc(O)c(C(=O)NNC(=O)COc2ccccc2-c2ccccc2)c1. The van der Waals surface area contributed by atoms with Crippen LogP contribution in [0.3, 0.4) is 0 Å². The largest absolute Gasteiger partial charge is 0.507 e. The molecule has 0 heterocycles. The van der Waals surface area contributed by atoms with Gasteiger partial charge < -0.3 is 9.84 Å². The van der Waals surface area contributed by atoms with E-state index in [1.165, 1.54) is 12.1 Å². The van der Waals surface area contributed by atoms with Crippen LogP contribution in [-0.4, -0.2) is 23.5 Å². The molecule has 3 aromatic carbocycles. The minimum absolute atomic E-state index is 0.0793. The van der Waals surface area contributed by atoms with Crippen LogP contribution in [0, 0.1) is 6.92 Å². The van der Waals surface area contributed by atoms with Crippen molar-refractivity contribution in [1.82, 2.24) is 10.9 Å². The van der Waals surface area contributed by atoms with Gasteiger partial charge in [0.2, 0.25) is 0 Å². The fourth-order valence-electron chi connectivity index (χ4n) is 2.65. The van der Waals surface area contributed by atoms with Crippen molar-refractivity contribution in [2.45, 2.75) is 6.92 Å². The minimum Gasteiger partial charge on any atom is -0.507 e. The molecule has 0 aromatic heterocycles. The van der Waals surface area contributed by atoms with Gasteiger partial charge in [-0.1, -0.05) is 60.2 Å². The summed E-state index contributed by atoms with van der Waals surface area (Å²) in [6.45, 7) is 1.52. The maximum Gasteiger partial charge on any atom is 0.276 e. The second-order valence-corrected chi connectivity index (χ2v) is 6.17. The van der Waals surface area contributed by atoms with Gasteiger partial charge in [-0.25, -0.2) is 0 Å². The average Bonchev–Trinajstić information content (AvgIpc) is 2.73.